The molecule has 4 unspecified atom stereocenters. The van der Waals surface area contributed by atoms with Crippen LogP contribution in [0.1, 0.15) is 12.8 Å². The topological polar surface area (TPSA) is 169 Å². The van der Waals surface area contributed by atoms with Crippen molar-refractivity contribution in [1.82, 2.24) is 0 Å². The first-order valence-electron chi connectivity index (χ1n) is 5.66. The number of hydrogen-bond donors (Lipinski definition) is 4. The van der Waals surface area contributed by atoms with Crippen molar-refractivity contribution in [3.8, 4) is 0 Å². The summed E-state index contributed by atoms with van der Waals surface area (Å²) < 4.78 is 56.4. The molecule has 0 amide bonds. The largest absolute Gasteiger partial charge is 0.490 e. The normalized spacial score (nSPS) is 30.5. The molecule has 2 radical (unpaired) electrons. The third-order valence-electron chi connectivity index (χ3n) is 1.98. The molecule has 1 fully saturated rings. The zero-order valence-electron chi connectivity index (χ0n) is 10.8. The van der Waals surface area contributed by atoms with Gasteiger partial charge in [-0.1, -0.05) is 6.42 Å². The molecule has 1 heterocycles. The molecule has 0 aromatic heterocycles. The average Bonchev–Trinajstić information content (AvgIpc) is 2.69. The summed E-state index contributed by atoms with van der Waals surface area (Å²) in [6.45, 7) is -0.478. The second-order valence-electron chi connectivity index (χ2n) is 3.76. The molecule has 0 aliphatic carbocycles. The maximum atomic E-state index is 11.4. The van der Waals surface area contributed by atoms with Crippen molar-refractivity contribution in [3.05, 3.63) is 0 Å². The Morgan fingerprint density at radius 1 is 1.15 bits per heavy atom. The van der Waals surface area contributed by atoms with Crippen LogP contribution < -0.4 is 0 Å². The van der Waals surface area contributed by atoms with Crippen molar-refractivity contribution in [2.75, 3.05) is 6.61 Å². The molecule has 0 saturated carbocycles. The standard InChI is InChI=1S/C5H13BO11P3/c6-5-2-1-4(15-5)3-14-19(10,11)17-20(12,13)16-18(7,8)9/h4-6H,1-3H2,(H,10,11)(H,12,13)(H2,7,8,9)/q-1/i6D. The summed E-state index contributed by atoms with van der Waals surface area (Å²) in [5.74, 6) is 0. The Bertz CT molecular complexity index is 494. The van der Waals surface area contributed by atoms with Crippen LogP contribution in [0.25, 0.3) is 0 Å². The Morgan fingerprint density at radius 3 is 2.30 bits per heavy atom. The summed E-state index contributed by atoms with van der Waals surface area (Å²) in [6, 6.07) is -0.445. The van der Waals surface area contributed by atoms with Gasteiger partial charge in [-0.2, -0.15) is 8.62 Å². The van der Waals surface area contributed by atoms with Crippen LogP contribution in [0.5, 0.6) is 0 Å². The summed E-state index contributed by atoms with van der Waals surface area (Å²) in [5.41, 5.74) is 0. The maximum Gasteiger partial charge on any atom is 0.490 e. The van der Waals surface area contributed by atoms with E-state index >= 15 is 0 Å². The van der Waals surface area contributed by atoms with Crippen LogP contribution >= 0.6 is 23.5 Å². The molecule has 1 saturated heterocycles. The minimum absolute atomic E-state index is 0.426. The lowest BCUT2D eigenvalue weighted by Gasteiger charge is -2.19. The van der Waals surface area contributed by atoms with Gasteiger partial charge in [0.05, 0.1) is 12.7 Å². The van der Waals surface area contributed by atoms with E-state index in [1.54, 1.807) is 0 Å². The van der Waals surface area contributed by atoms with Crippen LogP contribution in [0.3, 0.4) is 0 Å². The van der Waals surface area contributed by atoms with Gasteiger partial charge in [0.1, 0.15) is 0 Å². The van der Waals surface area contributed by atoms with E-state index in [1.165, 1.54) is 0 Å². The lowest BCUT2D eigenvalue weighted by Crippen LogP contribution is -2.16. The van der Waals surface area contributed by atoms with Crippen molar-refractivity contribution < 1.29 is 51.2 Å². The first-order chi connectivity index (χ1) is 9.42. The van der Waals surface area contributed by atoms with Crippen molar-refractivity contribution in [2.24, 2.45) is 0 Å². The highest BCUT2D eigenvalue weighted by Crippen LogP contribution is 2.66. The van der Waals surface area contributed by atoms with Crippen LogP contribution in [0.2, 0.25) is 0 Å². The van der Waals surface area contributed by atoms with Gasteiger partial charge in [0.25, 0.3) is 0 Å². The van der Waals surface area contributed by atoms with Crippen LogP contribution in [0.15, 0.2) is 0 Å². The van der Waals surface area contributed by atoms with Gasteiger partial charge >= 0.3 is 23.5 Å². The highest BCUT2D eigenvalue weighted by molar-refractivity contribution is 7.66. The van der Waals surface area contributed by atoms with Gasteiger partial charge in [0.2, 0.25) is 0 Å². The molecule has 0 aromatic carbocycles. The summed E-state index contributed by atoms with van der Waals surface area (Å²) in [5, 5.41) is 0. The van der Waals surface area contributed by atoms with Gasteiger partial charge in [0.15, 0.2) is 0 Å². The molecule has 0 aromatic rings. The molecule has 1 aliphatic rings. The molecule has 4 atom stereocenters. The predicted octanol–water partition coefficient (Wildman–Crippen LogP) is -0.264. The Hall–Kier alpha value is 0.435. The molecule has 4 N–H and O–H groups in total. The number of rotatable bonds is 8. The van der Waals surface area contributed by atoms with Crippen LogP contribution in [0.4, 0.5) is 0 Å². The van der Waals surface area contributed by atoms with E-state index in [2.05, 4.69) is 13.1 Å². The number of ether oxygens (including phenoxy) is 1. The van der Waals surface area contributed by atoms with E-state index < -0.39 is 42.2 Å². The van der Waals surface area contributed by atoms with Crippen molar-refractivity contribution in [2.45, 2.75) is 24.9 Å². The van der Waals surface area contributed by atoms with Crippen LogP contribution in [0, 0.1) is 0 Å². The van der Waals surface area contributed by atoms with Gasteiger partial charge < -0.3 is 33.5 Å². The van der Waals surface area contributed by atoms with Gasteiger partial charge in [-0.05, 0) is 6.42 Å². The quantitative estimate of drug-likeness (QED) is 0.334. The Balaban J connectivity index is 2.48. The van der Waals surface area contributed by atoms with E-state index in [1.807, 2.05) is 0 Å². The van der Waals surface area contributed by atoms with Crippen molar-refractivity contribution in [3.63, 3.8) is 0 Å². The fourth-order valence-corrected chi connectivity index (χ4v) is 4.39. The number of phosphoric ester groups is 1. The first-order valence-corrected chi connectivity index (χ1v) is 9.60. The first kappa shape index (κ1) is 16.8. The van der Waals surface area contributed by atoms with Gasteiger partial charge in [0, 0.05) is 0 Å². The summed E-state index contributed by atoms with van der Waals surface area (Å²) in [7, 11) is -14.9. The highest BCUT2D eigenvalue weighted by atomic mass is 31.3. The molecule has 11 nitrogen and oxygen atoms in total. The van der Waals surface area contributed by atoms with Crippen molar-refractivity contribution >= 4 is 31.3 Å². The third-order valence-corrected chi connectivity index (χ3v) is 5.78. The minimum atomic E-state index is -5.49. The summed E-state index contributed by atoms with van der Waals surface area (Å²) >= 11 is 0. The molecule has 1 rings (SSSR count). The SMILES string of the molecule is [2H][B-]C1CCC(COP(=O)(O)OP(=O)(O)OP(=O)(O)O)O1. The van der Waals surface area contributed by atoms with E-state index in [0.717, 1.165) is 7.81 Å². The zero-order valence-corrected chi connectivity index (χ0v) is 12.5. The van der Waals surface area contributed by atoms with Crippen LogP contribution in [-0.4, -0.2) is 47.4 Å². The Labute approximate surface area is 116 Å². The van der Waals surface area contributed by atoms with Gasteiger partial charge in [-0.15, -0.1) is 6.00 Å². The molecule has 0 bridgehead atoms. The molecule has 1 aliphatic heterocycles. The fraction of sp³-hybridized carbons (Fsp3) is 1.00. The Kier molecular flexibility index (Phi) is 5.61. The second-order valence-corrected chi connectivity index (χ2v) is 8.18. The van der Waals surface area contributed by atoms with E-state index in [0.29, 0.717) is 12.8 Å². The molecular weight excluding hydrogens is 340 g/mol. The summed E-state index contributed by atoms with van der Waals surface area (Å²) in [6.07, 6.45) is 0.311. The predicted molar refractivity (Wildman–Crippen MR) is 64.9 cm³/mol. The van der Waals surface area contributed by atoms with Gasteiger partial charge in [-0.25, -0.2) is 13.7 Å². The zero-order chi connectivity index (χ0) is 16.3. The number of hydrogen-bond acceptors (Lipinski definition) is 7. The lowest BCUT2D eigenvalue weighted by atomic mass is 9.97. The van der Waals surface area contributed by atoms with E-state index in [9.17, 15) is 18.6 Å². The molecule has 15 heteroatoms. The van der Waals surface area contributed by atoms with Crippen LogP contribution in [-0.2, 0) is 31.6 Å². The van der Waals surface area contributed by atoms with Crippen molar-refractivity contribution in [1.29, 1.82) is 1.34 Å². The highest BCUT2D eigenvalue weighted by Gasteiger charge is 2.41. The second kappa shape index (κ2) is 6.68. The molecular formula is C5H13BO11P3-. The fourth-order valence-electron chi connectivity index (χ4n) is 1.34. The van der Waals surface area contributed by atoms with E-state index in [4.69, 9.17) is 20.8 Å². The molecule has 0 spiro atoms. The minimum Gasteiger partial charge on any atom is -0.417 e. The van der Waals surface area contributed by atoms with E-state index in [-0.39, 0.29) is 0 Å². The average molecular weight is 354 g/mol. The molecule has 118 valence electrons. The van der Waals surface area contributed by atoms with Gasteiger partial charge in [-0.3, -0.25) is 4.52 Å². The maximum absolute atomic E-state index is 11.4. The lowest BCUT2D eigenvalue weighted by molar-refractivity contribution is 0.0400. The monoisotopic (exact) mass is 354 g/mol. The number of phosphoric acid groups is 3. The summed E-state index contributed by atoms with van der Waals surface area (Å²) in [4.78, 5) is 34.7. The smallest absolute Gasteiger partial charge is 0.417 e. The third kappa shape index (κ3) is 7.45. The molecule has 20 heavy (non-hydrogen) atoms. The Morgan fingerprint density at radius 2 is 1.80 bits per heavy atom.